The van der Waals surface area contributed by atoms with Crippen LogP contribution in [-0.4, -0.2) is 56.1 Å². The molecule has 3 aliphatic heterocycles. The van der Waals surface area contributed by atoms with Gasteiger partial charge in [0.1, 0.15) is 16.2 Å². The third-order valence-corrected chi connectivity index (χ3v) is 9.01. The van der Waals surface area contributed by atoms with Crippen LogP contribution < -0.4 is 10.8 Å². The SMILES string of the molecule is N#CCCC(NC(=O)C1=CC2(CCN(S(=O)(=O)c3cc(Cl)ccc3Cl)CC2)ON1)C1CCCO1. The second-order valence-electron chi connectivity index (χ2n) is 8.63. The first-order valence-electron chi connectivity index (χ1n) is 11.2. The zero-order chi connectivity index (χ0) is 24.3. The van der Waals surface area contributed by atoms with E-state index in [0.29, 0.717) is 32.3 Å². The Kier molecular flexibility index (Phi) is 7.72. The molecule has 3 heterocycles. The van der Waals surface area contributed by atoms with Crippen molar-refractivity contribution in [1.82, 2.24) is 15.1 Å². The molecule has 4 rings (SSSR count). The van der Waals surface area contributed by atoms with E-state index in [4.69, 9.17) is 38.0 Å². The number of piperidine rings is 1. The maximum absolute atomic E-state index is 13.1. The smallest absolute Gasteiger partial charge is 0.269 e. The number of ether oxygens (including phenoxy) is 1. The van der Waals surface area contributed by atoms with E-state index in [1.54, 1.807) is 6.08 Å². The van der Waals surface area contributed by atoms with Gasteiger partial charge in [-0.05, 0) is 56.4 Å². The van der Waals surface area contributed by atoms with Crippen molar-refractivity contribution in [2.75, 3.05) is 19.7 Å². The highest BCUT2D eigenvalue weighted by atomic mass is 35.5. The van der Waals surface area contributed by atoms with Gasteiger partial charge >= 0.3 is 0 Å². The first-order valence-corrected chi connectivity index (χ1v) is 13.4. The highest BCUT2D eigenvalue weighted by Crippen LogP contribution is 2.35. The molecule has 0 radical (unpaired) electrons. The molecule has 1 spiro atoms. The van der Waals surface area contributed by atoms with E-state index in [1.165, 1.54) is 22.5 Å². The van der Waals surface area contributed by atoms with Gasteiger partial charge in [-0.3, -0.25) is 15.1 Å². The minimum absolute atomic E-state index is 0.0313. The number of nitriles is 1. The van der Waals surface area contributed by atoms with Gasteiger partial charge in [-0.2, -0.15) is 9.57 Å². The molecule has 2 saturated heterocycles. The molecule has 0 aromatic heterocycles. The number of benzene rings is 1. The monoisotopic (exact) mass is 528 g/mol. The van der Waals surface area contributed by atoms with E-state index in [1.807, 2.05) is 0 Å². The second-order valence-corrected chi connectivity index (χ2v) is 11.4. The van der Waals surface area contributed by atoms with Crippen LogP contribution in [0, 0.1) is 11.3 Å². The summed E-state index contributed by atoms with van der Waals surface area (Å²) in [6.07, 6.45) is 4.91. The fraction of sp³-hybridized carbons (Fsp3) is 0.545. The summed E-state index contributed by atoms with van der Waals surface area (Å²) in [5, 5.41) is 12.3. The minimum atomic E-state index is -3.82. The molecule has 0 saturated carbocycles. The molecule has 0 bridgehead atoms. The normalized spacial score (nSPS) is 23.2. The van der Waals surface area contributed by atoms with E-state index >= 15 is 0 Å². The number of halogens is 2. The van der Waals surface area contributed by atoms with Crippen molar-refractivity contribution in [3.05, 3.63) is 40.0 Å². The number of rotatable bonds is 7. The van der Waals surface area contributed by atoms with Crippen molar-refractivity contribution in [3.63, 3.8) is 0 Å². The van der Waals surface area contributed by atoms with Gasteiger partial charge in [0.25, 0.3) is 5.91 Å². The van der Waals surface area contributed by atoms with Crippen LogP contribution in [0.3, 0.4) is 0 Å². The standard InChI is InChI=1S/C22H26Cl2N4O5S/c23-15-5-6-16(24)20(13-15)34(30,31)28-10-7-22(8-11-28)14-18(27-33-22)21(29)26-17(3-1-9-25)19-4-2-12-32-19/h5-6,13-14,17,19,27H,1-4,7-8,10-12H2,(H,26,29). The first kappa shape index (κ1) is 25.2. The molecule has 34 heavy (non-hydrogen) atoms. The molecule has 12 heteroatoms. The lowest BCUT2D eigenvalue weighted by Crippen LogP contribution is -2.46. The zero-order valence-electron chi connectivity index (χ0n) is 18.4. The van der Waals surface area contributed by atoms with Gasteiger partial charge < -0.3 is 10.1 Å². The minimum Gasteiger partial charge on any atom is -0.376 e. The third kappa shape index (κ3) is 5.35. The van der Waals surface area contributed by atoms with Gasteiger partial charge in [0.05, 0.1) is 23.2 Å². The molecule has 184 valence electrons. The van der Waals surface area contributed by atoms with Crippen molar-refractivity contribution in [2.45, 2.75) is 61.2 Å². The number of nitrogens with one attached hydrogen (secondary N) is 2. The summed E-state index contributed by atoms with van der Waals surface area (Å²) in [4.78, 5) is 18.6. The lowest BCUT2D eigenvalue weighted by molar-refractivity contribution is -0.121. The summed E-state index contributed by atoms with van der Waals surface area (Å²) in [6, 6.07) is 6.19. The van der Waals surface area contributed by atoms with E-state index < -0.39 is 15.6 Å². The summed E-state index contributed by atoms with van der Waals surface area (Å²) in [6.45, 7) is 1.04. The molecule has 9 nitrogen and oxygen atoms in total. The van der Waals surface area contributed by atoms with Crippen molar-refractivity contribution in [3.8, 4) is 6.07 Å². The van der Waals surface area contributed by atoms with Crippen molar-refractivity contribution in [1.29, 1.82) is 5.26 Å². The number of sulfonamides is 1. The van der Waals surface area contributed by atoms with Crippen LogP contribution >= 0.6 is 23.2 Å². The molecule has 2 N–H and O–H groups in total. The Labute approximate surface area is 209 Å². The molecule has 2 fully saturated rings. The summed E-state index contributed by atoms with van der Waals surface area (Å²) in [5.41, 5.74) is 2.19. The van der Waals surface area contributed by atoms with Crippen molar-refractivity contribution < 1.29 is 22.8 Å². The van der Waals surface area contributed by atoms with Crippen LogP contribution in [0.1, 0.15) is 38.5 Å². The largest absolute Gasteiger partial charge is 0.376 e. The topological polar surface area (TPSA) is 121 Å². The fourth-order valence-electron chi connectivity index (χ4n) is 4.49. The molecule has 1 amide bonds. The average Bonchev–Trinajstić information content (AvgIpc) is 3.49. The Morgan fingerprint density at radius 1 is 1.35 bits per heavy atom. The highest BCUT2D eigenvalue weighted by Gasteiger charge is 2.43. The van der Waals surface area contributed by atoms with Crippen LogP contribution in [0.25, 0.3) is 0 Å². The van der Waals surface area contributed by atoms with Crippen molar-refractivity contribution in [2.24, 2.45) is 0 Å². The summed E-state index contributed by atoms with van der Waals surface area (Å²) < 4.78 is 33.2. The van der Waals surface area contributed by atoms with E-state index in [2.05, 4.69) is 16.9 Å². The predicted molar refractivity (Wildman–Crippen MR) is 125 cm³/mol. The average molecular weight is 529 g/mol. The van der Waals surface area contributed by atoms with Gasteiger partial charge in [0.2, 0.25) is 10.0 Å². The number of hydroxylamine groups is 1. The number of hydrogen-bond acceptors (Lipinski definition) is 7. The summed E-state index contributed by atoms with van der Waals surface area (Å²) in [7, 11) is -3.82. The second kappa shape index (κ2) is 10.4. The van der Waals surface area contributed by atoms with E-state index in [9.17, 15) is 13.2 Å². The summed E-state index contributed by atoms with van der Waals surface area (Å²) in [5.74, 6) is -0.337. The molecule has 1 aromatic rings. The first-order chi connectivity index (χ1) is 16.2. The predicted octanol–water partition coefficient (Wildman–Crippen LogP) is 2.90. The molecule has 0 aliphatic carbocycles. The summed E-state index contributed by atoms with van der Waals surface area (Å²) >= 11 is 12.1. The maximum atomic E-state index is 13.1. The van der Waals surface area contributed by atoms with Gasteiger partial charge in [-0.1, -0.05) is 23.2 Å². The van der Waals surface area contributed by atoms with E-state index in [0.717, 1.165) is 12.8 Å². The lowest BCUT2D eigenvalue weighted by Gasteiger charge is -2.36. The van der Waals surface area contributed by atoms with Crippen LogP contribution in [0.4, 0.5) is 0 Å². The number of hydrogen-bond donors (Lipinski definition) is 2. The number of amides is 1. The van der Waals surface area contributed by atoms with Gasteiger partial charge in [-0.15, -0.1) is 0 Å². The Balaban J connectivity index is 1.41. The number of carbonyl (C=O) groups excluding carboxylic acids is 1. The van der Waals surface area contributed by atoms with Crippen LogP contribution in [0.5, 0.6) is 0 Å². The quantitative estimate of drug-likeness (QED) is 0.557. The molecule has 2 atom stereocenters. The Hall–Kier alpha value is -1.87. The Morgan fingerprint density at radius 3 is 2.79 bits per heavy atom. The van der Waals surface area contributed by atoms with E-state index in [-0.39, 0.29) is 51.8 Å². The lowest BCUT2D eigenvalue weighted by atomic mass is 9.92. The molecular formula is C22H26Cl2N4O5S. The maximum Gasteiger partial charge on any atom is 0.269 e. The van der Waals surface area contributed by atoms with Gasteiger partial charge in [0, 0.05) is 31.1 Å². The fourth-order valence-corrected chi connectivity index (χ4v) is 6.67. The van der Waals surface area contributed by atoms with Crippen LogP contribution in [-0.2, 0) is 24.4 Å². The molecule has 1 aromatic carbocycles. The zero-order valence-corrected chi connectivity index (χ0v) is 20.8. The Bertz CT molecular complexity index is 1110. The van der Waals surface area contributed by atoms with Gasteiger partial charge in [0.15, 0.2) is 0 Å². The molecular weight excluding hydrogens is 503 g/mol. The van der Waals surface area contributed by atoms with Crippen LogP contribution in [0.2, 0.25) is 10.0 Å². The number of nitrogens with zero attached hydrogens (tertiary/aromatic N) is 2. The van der Waals surface area contributed by atoms with Crippen molar-refractivity contribution >= 4 is 39.1 Å². The Morgan fingerprint density at radius 2 is 2.12 bits per heavy atom. The molecule has 3 aliphatic rings. The van der Waals surface area contributed by atoms with Crippen LogP contribution in [0.15, 0.2) is 34.9 Å². The molecule has 2 unspecified atom stereocenters. The highest BCUT2D eigenvalue weighted by molar-refractivity contribution is 7.89. The van der Waals surface area contributed by atoms with Gasteiger partial charge in [-0.25, -0.2) is 8.42 Å². The third-order valence-electron chi connectivity index (χ3n) is 6.39. The number of carbonyl (C=O) groups is 1.